The van der Waals surface area contributed by atoms with E-state index < -0.39 is 0 Å². The second-order valence-corrected chi connectivity index (χ2v) is 6.61. The summed E-state index contributed by atoms with van der Waals surface area (Å²) in [6.45, 7) is 8.96. The fraction of sp³-hybridized carbons (Fsp3) is 0.667. The molecular weight excluding hydrogens is 246 g/mol. The van der Waals surface area contributed by atoms with Crippen molar-refractivity contribution in [2.75, 3.05) is 14.2 Å². The third-order valence-corrected chi connectivity index (χ3v) is 3.97. The highest BCUT2D eigenvalue weighted by Gasteiger charge is 2.19. The van der Waals surface area contributed by atoms with Gasteiger partial charge in [0.25, 0.3) is 0 Å². The fourth-order valence-electron chi connectivity index (χ4n) is 2.58. The Kier molecular flexibility index (Phi) is 6.70. The van der Waals surface area contributed by atoms with Crippen molar-refractivity contribution in [1.29, 1.82) is 0 Å². The maximum absolute atomic E-state index is 5.63. The second kappa shape index (κ2) is 7.80. The highest BCUT2D eigenvalue weighted by Crippen LogP contribution is 2.23. The SMILES string of the molecule is CCCC(OC)C(Cc1ccc(C(C)(C)C)cc1)NC. The standard InChI is InChI=1S/C18H31NO/c1-7-8-17(20-6)16(19-5)13-14-9-11-15(12-10-14)18(2,3)4/h9-12,16-17,19H,7-8,13H2,1-6H3. The fourth-order valence-corrected chi connectivity index (χ4v) is 2.58. The van der Waals surface area contributed by atoms with Crippen molar-refractivity contribution in [3.05, 3.63) is 35.4 Å². The number of ether oxygens (including phenoxy) is 1. The van der Waals surface area contributed by atoms with Crippen molar-refractivity contribution in [3.8, 4) is 0 Å². The van der Waals surface area contributed by atoms with E-state index >= 15 is 0 Å². The minimum atomic E-state index is 0.220. The van der Waals surface area contributed by atoms with E-state index in [2.05, 4.69) is 57.3 Å². The zero-order valence-corrected chi connectivity index (χ0v) is 14.0. The van der Waals surface area contributed by atoms with Crippen LogP contribution < -0.4 is 5.32 Å². The van der Waals surface area contributed by atoms with Crippen LogP contribution in [0.5, 0.6) is 0 Å². The molecule has 20 heavy (non-hydrogen) atoms. The van der Waals surface area contributed by atoms with Crippen LogP contribution in [-0.2, 0) is 16.6 Å². The topological polar surface area (TPSA) is 21.3 Å². The summed E-state index contributed by atoms with van der Waals surface area (Å²) in [6, 6.07) is 9.39. The molecule has 1 aromatic carbocycles. The summed E-state index contributed by atoms with van der Waals surface area (Å²) in [4.78, 5) is 0. The van der Waals surface area contributed by atoms with E-state index in [1.165, 1.54) is 11.1 Å². The normalized spacial score (nSPS) is 15.1. The monoisotopic (exact) mass is 277 g/mol. The minimum absolute atomic E-state index is 0.220. The van der Waals surface area contributed by atoms with Crippen LogP contribution >= 0.6 is 0 Å². The molecule has 2 heteroatoms. The molecule has 2 unspecified atom stereocenters. The van der Waals surface area contributed by atoms with Crippen LogP contribution in [0.2, 0.25) is 0 Å². The molecule has 114 valence electrons. The number of rotatable bonds is 7. The van der Waals surface area contributed by atoms with E-state index in [9.17, 15) is 0 Å². The lowest BCUT2D eigenvalue weighted by Crippen LogP contribution is -2.40. The summed E-state index contributed by atoms with van der Waals surface area (Å²) in [5, 5.41) is 3.41. The van der Waals surface area contributed by atoms with Gasteiger partial charge in [-0.15, -0.1) is 0 Å². The molecule has 0 bridgehead atoms. The molecule has 2 nitrogen and oxygen atoms in total. The number of methoxy groups -OCH3 is 1. The van der Waals surface area contributed by atoms with E-state index in [-0.39, 0.29) is 11.5 Å². The summed E-state index contributed by atoms with van der Waals surface area (Å²) in [6.07, 6.45) is 3.55. The van der Waals surface area contributed by atoms with Gasteiger partial charge in [0.1, 0.15) is 0 Å². The summed E-state index contributed by atoms with van der Waals surface area (Å²) in [5.74, 6) is 0. The molecule has 1 aromatic rings. The highest BCUT2D eigenvalue weighted by molar-refractivity contribution is 5.28. The number of hydrogen-bond acceptors (Lipinski definition) is 2. The lowest BCUT2D eigenvalue weighted by atomic mass is 9.86. The summed E-state index contributed by atoms with van der Waals surface area (Å²) >= 11 is 0. The molecule has 0 aromatic heterocycles. The van der Waals surface area contributed by atoms with Gasteiger partial charge < -0.3 is 10.1 Å². The molecule has 0 radical (unpaired) electrons. The Balaban J connectivity index is 2.75. The van der Waals surface area contributed by atoms with Gasteiger partial charge in [-0.1, -0.05) is 58.4 Å². The Morgan fingerprint density at radius 2 is 1.75 bits per heavy atom. The Hall–Kier alpha value is -0.860. The van der Waals surface area contributed by atoms with Crippen LogP contribution in [-0.4, -0.2) is 26.3 Å². The van der Waals surface area contributed by atoms with Crippen molar-refractivity contribution in [3.63, 3.8) is 0 Å². The first-order valence-corrected chi connectivity index (χ1v) is 7.71. The third kappa shape index (κ3) is 4.92. The van der Waals surface area contributed by atoms with E-state index in [1.54, 1.807) is 0 Å². The van der Waals surface area contributed by atoms with Gasteiger partial charge in [-0.2, -0.15) is 0 Å². The van der Waals surface area contributed by atoms with Gasteiger partial charge in [0.2, 0.25) is 0 Å². The van der Waals surface area contributed by atoms with Gasteiger partial charge in [-0.3, -0.25) is 0 Å². The van der Waals surface area contributed by atoms with Crippen LogP contribution in [0.25, 0.3) is 0 Å². The molecule has 0 saturated heterocycles. The number of hydrogen-bond donors (Lipinski definition) is 1. The van der Waals surface area contributed by atoms with E-state index in [1.807, 2.05) is 14.2 Å². The van der Waals surface area contributed by atoms with Crippen molar-refractivity contribution < 1.29 is 4.74 Å². The van der Waals surface area contributed by atoms with Crippen LogP contribution in [0.1, 0.15) is 51.7 Å². The highest BCUT2D eigenvalue weighted by atomic mass is 16.5. The van der Waals surface area contributed by atoms with E-state index in [4.69, 9.17) is 4.74 Å². The smallest absolute Gasteiger partial charge is 0.0727 e. The minimum Gasteiger partial charge on any atom is -0.380 e. The number of nitrogens with one attached hydrogen (secondary N) is 1. The second-order valence-electron chi connectivity index (χ2n) is 6.61. The Labute approximate surface area is 124 Å². The Morgan fingerprint density at radius 3 is 2.15 bits per heavy atom. The lowest BCUT2D eigenvalue weighted by molar-refractivity contribution is 0.0633. The van der Waals surface area contributed by atoms with Gasteiger partial charge in [0.05, 0.1) is 6.10 Å². The predicted molar refractivity (Wildman–Crippen MR) is 87.4 cm³/mol. The van der Waals surface area contributed by atoms with Gasteiger partial charge >= 0.3 is 0 Å². The lowest BCUT2D eigenvalue weighted by Gasteiger charge is -2.26. The molecule has 0 heterocycles. The Bertz CT molecular complexity index is 377. The first-order chi connectivity index (χ1) is 9.42. The van der Waals surface area contributed by atoms with Gasteiger partial charge in [-0.05, 0) is 36.4 Å². The van der Waals surface area contributed by atoms with E-state index in [0.717, 1.165) is 19.3 Å². The van der Waals surface area contributed by atoms with Crippen LogP contribution in [0.4, 0.5) is 0 Å². The van der Waals surface area contributed by atoms with Crippen molar-refractivity contribution >= 4 is 0 Å². The summed E-state index contributed by atoms with van der Waals surface area (Å²) in [7, 11) is 3.84. The van der Waals surface area contributed by atoms with Crippen LogP contribution in [0, 0.1) is 0 Å². The quantitative estimate of drug-likeness (QED) is 0.815. The predicted octanol–water partition coefficient (Wildman–Crippen LogP) is 3.93. The molecule has 2 atom stereocenters. The van der Waals surface area contributed by atoms with E-state index in [0.29, 0.717) is 6.04 Å². The van der Waals surface area contributed by atoms with Crippen molar-refractivity contribution in [2.45, 2.75) is 64.5 Å². The molecule has 0 spiro atoms. The number of likely N-dealkylation sites (N-methyl/N-ethyl adjacent to an activating group) is 1. The van der Waals surface area contributed by atoms with Crippen LogP contribution in [0.15, 0.2) is 24.3 Å². The van der Waals surface area contributed by atoms with Crippen LogP contribution in [0.3, 0.4) is 0 Å². The molecular formula is C18H31NO. The zero-order chi connectivity index (χ0) is 15.2. The van der Waals surface area contributed by atoms with Gasteiger partial charge in [-0.25, -0.2) is 0 Å². The van der Waals surface area contributed by atoms with Gasteiger partial charge in [0, 0.05) is 13.2 Å². The molecule has 1 rings (SSSR count). The average Bonchev–Trinajstić information content (AvgIpc) is 2.42. The zero-order valence-electron chi connectivity index (χ0n) is 14.0. The molecule has 0 aliphatic carbocycles. The first kappa shape index (κ1) is 17.2. The maximum atomic E-state index is 5.63. The molecule has 0 aliphatic rings. The number of benzene rings is 1. The molecule has 0 fully saturated rings. The first-order valence-electron chi connectivity index (χ1n) is 7.71. The van der Waals surface area contributed by atoms with Crippen molar-refractivity contribution in [2.24, 2.45) is 0 Å². The molecule has 0 aliphatic heterocycles. The van der Waals surface area contributed by atoms with Crippen molar-refractivity contribution in [1.82, 2.24) is 5.32 Å². The maximum Gasteiger partial charge on any atom is 0.0727 e. The summed E-state index contributed by atoms with van der Waals surface area (Å²) < 4.78 is 5.63. The summed E-state index contributed by atoms with van der Waals surface area (Å²) in [5.41, 5.74) is 2.98. The largest absolute Gasteiger partial charge is 0.380 e. The molecule has 0 saturated carbocycles. The molecule has 0 amide bonds. The third-order valence-electron chi connectivity index (χ3n) is 3.97. The molecule has 1 N–H and O–H groups in total. The van der Waals surface area contributed by atoms with Gasteiger partial charge in [0.15, 0.2) is 0 Å². The average molecular weight is 277 g/mol. The Morgan fingerprint density at radius 1 is 1.15 bits per heavy atom.